The van der Waals surface area contributed by atoms with Crippen molar-refractivity contribution in [3.63, 3.8) is 0 Å². The van der Waals surface area contributed by atoms with Crippen molar-refractivity contribution in [3.8, 4) is 5.75 Å². The molecule has 0 spiro atoms. The second kappa shape index (κ2) is 5.60. The zero-order valence-electron chi connectivity index (χ0n) is 10.8. The van der Waals surface area contributed by atoms with Crippen LogP contribution < -0.4 is 10.1 Å². The number of ether oxygens (including phenoxy) is 1. The summed E-state index contributed by atoms with van der Waals surface area (Å²) in [7, 11) is 0. The lowest BCUT2D eigenvalue weighted by Crippen LogP contribution is -2.24. The maximum Gasteiger partial charge on any atom is 0.182 e. The molecule has 1 atom stereocenters. The summed E-state index contributed by atoms with van der Waals surface area (Å²) >= 11 is 3.38. The first-order valence-corrected chi connectivity index (χ1v) is 7.16. The minimum absolute atomic E-state index is 0.201. The Labute approximate surface area is 128 Å². The number of benzene rings is 2. The van der Waals surface area contributed by atoms with E-state index in [1.165, 1.54) is 0 Å². The van der Waals surface area contributed by atoms with Crippen LogP contribution in [0.25, 0.3) is 0 Å². The largest absolute Gasteiger partial charge is 0.488 e. The molecule has 2 nitrogen and oxygen atoms in total. The number of hydrogen-bond donors (Lipinski definition) is 1. The molecule has 1 aliphatic heterocycles. The standard InChI is InChI=1S/C15H11BrF3NO/c16-9-1-2-14-8(3-9)4-11(21-14)7-20-13-6-10(17)5-12(18)15(13)19/h1-3,5-6,11,20H,4,7H2. The van der Waals surface area contributed by atoms with Crippen molar-refractivity contribution < 1.29 is 17.9 Å². The highest BCUT2D eigenvalue weighted by molar-refractivity contribution is 9.10. The molecule has 1 aliphatic rings. The molecule has 2 aromatic carbocycles. The van der Waals surface area contributed by atoms with E-state index in [1.54, 1.807) is 0 Å². The highest BCUT2D eigenvalue weighted by atomic mass is 79.9. The first-order chi connectivity index (χ1) is 10.0. The third-order valence-corrected chi connectivity index (χ3v) is 3.77. The summed E-state index contributed by atoms with van der Waals surface area (Å²) in [6.45, 7) is 0.256. The van der Waals surface area contributed by atoms with Crippen LogP contribution in [0.4, 0.5) is 18.9 Å². The van der Waals surface area contributed by atoms with Gasteiger partial charge in [-0.1, -0.05) is 15.9 Å². The van der Waals surface area contributed by atoms with Gasteiger partial charge in [-0.3, -0.25) is 0 Å². The van der Waals surface area contributed by atoms with Gasteiger partial charge in [0.2, 0.25) is 0 Å². The van der Waals surface area contributed by atoms with Crippen LogP contribution in [0, 0.1) is 17.5 Å². The van der Waals surface area contributed by atoms with Gasteiger partial charge >= 0.3 is 0 Å². The maximum atomic E-state index is 13.5. The lowest BCUT2D eigenvalue weighted by Gasteiger charge is -2.13. The van der Waals surface area contributed by atoms with E-state index in [0.717, 1.165) is 21.9 Å². The molecule has 2 aromatic rings. The molecule has 110 valence electrons. The molecule has 21 heavy (non-hydrogen) atoms. The molecule has 0 amide bonds. The third kappa shape index (κ3) is 3.00. The molecule has 0 bridgehead atoms. The van der Waals surface area contributed by atoms with Gasteiger partial charge in [0.25, 0.3) is 0 Å². The molecule has 6 heteroatoms. The van der Waals surface area contributed by atoms with Crippen LogP contribution >= 0.6 is 15.9 Å². The first kappa shape index (κ1) is 14.3. The third-order valence-electron chi connectivity index (χ3n) is 3.28. The second-order valence-corrected chi connectivity index (χ2v) is 5.74. The number of nitrogens with one attached hydrogen (secondary N) is 1. The Kier molecular flexibility index (Phi) is 3.80. The van der Waals surface area contributed by atoms with E-state index in [9.17, 15) is 13.2 Å². The Bertz CT molecular complexity index is 693. The minimum atomic E-state index is -1.21. The normalized spacial score (nSPS) is 16.5. The highest BCUT2D eigenvalue weighted by Gasteiger charge is 2.23. The predicted molar refractivity (Wildman–Crippen MR) is 77.1 cm³/mol. The van der Waals surface area contributed by atoms with E-state index in [2.05, 4.69) is 21.2 Å². The topological polar surface area (TPSA) is 21.3 Å². The Morgan fingerprint density at radius 1 is 1.19 bits per heavy atom. The summed E-state index contributed by atoms with van der Waals surface area (Å²) in [5, 5.41) is 2.69. The van der Waals surface area contributed by atoms with Crippen molar-refractivity contribution in [1.29, 1.82) is 0 Å². The molecular weight excluding hydrogens is 347 g/mol. The molecule has 0 saturated carbocycles. The quantitative estimate of drug-likeness (QED) is 0.827. The monoisotopic (exact) mass is 357 g/mol. The van der Waals surface area contributed by atoms with Gasteiger partial charge in [0.15, 0.2) is 11.6 Å². The SMILES string of the molecule is Fc1cc(F)c(F)c(NCC2Cc3cc(Br)ccc3O2)c1. The van der Waals surface area contributed by atoms with Crippen LogP contribution in [0.3, 0.4) is 0 Å². The molecule has 0 fully saturated rings. The summed E-state index contributed by atoms with van der Waals surface area (Å²) in [5.41, 5.74) is 0.843. The lowest BCUT2D eigenvalue weighted by molar-refractivity contribution is 0.246. The molecule has 3 rings (SSSR count). The van der Waals surface area contributed by atoms with Crippen LogP contribution in [0.5, 0.6) is 5.75 Å². The van der Waals surface area contributed by atoms with Crippen LogP contribution in [-0.4, -0.2) is 12.6 Å². The van der Waals surface area contributed by atoms with Crippen LogP contribution in [-0.2, 0) is 6.42 Å². The highest BCUT2D eigenvalue weighted by Crippen LogP contribution is 2.31. The average molecular weight is 358 g/mol. The van der Waals surface area contributed by atoms with Crippen molar-refractivity contribution in [2.45, 2.75) is 12.5 Å². The second-order valence-electron chi connectivity index (χ2n) is 4.83. The van der Waals surface area contributed by atoms with Crippen molar-refractivity contribution in [3.05, 3.63) is 57.8 Å². The number of hydrogen-bond acceptors (Lipinski definition) is 2. The molecule has 0 aliphatic carbocycles. The Morgan fingerprint density at radius 3 is 2.81 bits per heavy atom. The van der Waals surface area contributed by atoms with E-state index >= 15 is 0 Å². The summed E-state index contributed by atoms with van der Waals surface area (Å²) in [4.78, 5) is 0. The summed E-state index contributed by atoms with van der Waals surface area (Å²) in [6.07, 6.45) is 0.446. The zero-order valence-corrected chi connectivity index (χ0v) is 12.4. The van der Waals surface area contributed by atoms with E-state index < -0.39 is 17.5 Å². The average Bonchev–Trinajstić information content (AvgIpc) is 2.83. The molecular formula is C15H11BrF3NO. The number of fused-ring (bicyclic) bond motifs is 1. The Hall–Kier alpha value is -1.69. The first-order valence-electron chi connectivity index (χ1n) is 6.36. The minimum Gasteiger partial charge on any atom is -0.488 e. The summed E-state index contributed by atoms with van der Waals surface area (Å²) in [5.74, 6) is -2.35. The van der Waals surface area contributed by atoms with Gasteiger partial charge in [0.05, 0.1) is 12.2 Å². The fourth-order valence-corrected chi connectivity index (χ4v) is 2.72. The van der Waals surface area contributed by atoms with E-state index in [-0.39, 0.29) is 18.3 Å². The van der Waals surface area contributed by atoms with Gasteiger partial charge in [-0.25, -0.2) is 13.2 Å². The van der Waals surface area contributed by atoms with Gasteiger partial charge < -0.3 is 10.1 Å². The number of rotatable bonds is 3. The maximum absolute atomic E-state index is 13.5. The van der Waals surface area contributed by atoms with Crippen molar-refractivity contribution >= 4 is 21.6 Å². The van der Waals surface area contributed by atoms with Gasteiger partial charge in [-0.15, -0.1) is 0 Å². The van der Waals surface area contributed by atoms with E-state index in [1.807, 2.05) is 18.2 Å². The van der Waals surface area contributed by atoms with Crippen molar-refractivity contribution in [1.82, 2.24) is 0 Å². The lowest BCUT2D eigenvalue weighted by atomic mass is 10.1. The molecule has 0 aromatic heterocycles. The van der Waals surface area contributed by atoms with Crippen LogP contribution in [0.1, 0.15) is 5.56 Å². The molecule has 1 heterocycles. The van der Waals surface area contributed by atoms with Crippen molar-refractivity contribution in [2.75, 3.05) is 11.9 Å². The fraction of sp³-hybridized carbons (Fsp3) is 0.200. The molecule has 0 radical (unpaired) electrons. The van der Waals surface area contributed by atoms with Crippen molar-refractivity contribution in [2.24, 2.45) is 0 Å². The Morgan fingerprint density at radius 2 is 2.00 bits per heavy atom. The Balaban J connectivity index is 1.68. The smallest absolute Gasteiger partial charge is 0.182 e. The molecule has 1 unspecified atom stereocenters. The molecule has 1 N–H and O–H groups in total. The van der Waals surface area contributed by atoms with Gasteiger partial charge in [0.1, 0.15) is 17.7 Å². The predicted octanol–water partition coefficient (Wildman–Crippen LogP) is 4.28. The summed E-state index contributed by atoms with van der Waals surface area (Å²) in [6, 6.07) is 7.12. The number of halogens is 4. The van der Waals surface area contributed by atoms with E-state index in [4.69, 9.17) is 4.74 Å². The summed E-state index contributed by atoms with van der Waals surface area (Å²) < 4.78 is 46.4. The van der Waals surface area contributed by atoms with Crippen LogP contribution in [0.15, 0.2) is 34.8 Å². The van der Waals surface area contributed by atoms with Gasteiger partial charge in [-0.05, 0) is 23.8 Å². The van der Waals surface area contributed by atoms with Gasteiger partial charge in [0, 0.05) is 23.0 Å². The molecule has 0 saturated heterocycles. The van der Waals surface area contributed by atoms with Gasteiger partial charge in [-0.2, -0.15) is 0 Å². The fourth-order valence-electron chi connectivity index (χ4n) is 2.31. The number of anilines is 1. The zero-order chi connectivity index (χ0) is 15.0. The van der Waals surface area contributed by atoms with Crippen LogP contribution in [0.2, 0.25) is 0 Å². The van der Waals surface area contributed by atoms with E-state index in [0.29, 0.717) is 12.5 Å².